The Morgan fingerprint density at radius 1 is 1.16 bits per heavy atom. The summed E-state index contributed by atoms with van der Waals surface area (Å²) in [6.45, 7) is 12.9. The predicted octanol–water partition coefficient (Wildman–Crippen LogP) is 3.02. The standard InChI is InChI=1S/C25H37N5O2/c1-16(2)30-18(4)22(17(3)27-30)13-29-14-23(24(15-29)25(32)28(6)7)21-10-8-20(9-11-21)12-26-19(5)31/h8-11,16,23-24H,12-15H2,1-7H3,(H,26,31)/t23-,24+/m1/s1. The van der Waals surface area contributed by atoms with Gasteiger partial charge in [0, 0.05) is 70.4 Å². The van der Waals surface area contributed by atoms with Gasteiger partial charge in [0.25, 0.3) is 0 Å². The van der Waals surface area contributed by atoms with E-state index >= 15 is 0 Å². The zero-order valence-electron chi connectivity index (χ0n) is 20.5. The van der Waals surface area contributed by atoms with Crippen LogP contribution in [0.1, 0.15) is 60.8 Å². The summed E-state index contributed by atoms with van der Waals surface area (Å²) in [5, 5.41) is 7.57. The average molecular weight is 440 g/mol. The molecule has 2 heterocycles. The van der Waals surface area contributed by atoms with E-state index in [0.29, 0.717) is 12.6 Å². The van der Waals surface area contributed by atoms with Crippen LogP contribution in [0.15, 0.2) is 24.3 Å². The molecule has 0 saturated carbocycles. The highest BCUT2D eigenvalue weighted by atomic mass is 16.2. The number of rotatable bonds is 7. The molecule has 7 heteroatoms. The Balaban J connectivity index is 1.81. The molecule has 0 bridgehead atoms. The van der Waals surface area contributed by atoms with Crippen molar-refractivity contribution in [1.29, 1.82) is 0 Å². The maximum atomic E-state index is 13.0. The van der Waals surface area contributed by atoms with Gasteiger partial charge >= 0.3 is 0 Å². The van der Waals surface area contributed by atoms with Gasteiger partial charge in [-0.3, -0.25) is 19.2 Å². The van der Waals surface area contributed by atoms with E-state index in [2.05, 4.69) is 54.7 Å². The Bertz CT molecular complexity index is 961. The van der Waals surface area contributed by atoms with Crippen molar-refractivity contribution >= 4 is 11.8 Å². The van der Waals surface area contributed by atoms with Crippen LogP contribution in [0.5, 0.6) is 0 Å². The zero-order valence-corrected chi connectivity index (χ0v) is 20.5. The summed E-state index contributed by atoms with van der Waals surface area (Å²) in [6, 6.07) is 8.63. The first kappa shape index (κ1) is 24.0. The minimum atomic E-state index is -0.0769. The number of nitrogens with one attached hydrogen (secondary N) is 1. The molecule has 1 aliphatic rings. The van der Waals surface area contributed by atoms with Crippen molar-refractivity contribution in [2.24, 2.45) is 5.92 Å². The molecule has 1 saturated heterocycles. The van der Waals surface area contributed by atoms with Crippen LogP contribution in [0, 0.1) is 19.8 Å². The number of benzene rings is 1. The fraction of sp³-hybridized carbons (Fsp3) is 0.560. The fourth-order valence-corrected chi connectivity index (χ4v) is 4.70. The second-order valence-electron chi connectivity index (χ2n) is 9.48. The van der Waals surface area contributed by atoms with Crippen LogP contribution in [0.3, 0.4) is 0 Å². The molecule has 0 spiro atoms. The lowest BCUT2D eigenvalue weighted by Gasteiger charge is -2.22. The molecule has 1 fully saturated rings. The molecule has 7 nitrogen and oxygen atoms in total. The van der Waals surface area contributed by atoms with Gasteiger partial charge in [0.15, 0.2) is 0 Å². The topological polar surface area (TPSA) is 70.5 Å². The Labute approximate surface area is 191 Å². The summed E-state index contributed by atoms with van der Waals surface area (Å²) >= 11 is 0. The van der Waals surface area contributed by atoms with Gasteiger partial charge in [-0.1, -0.05) is 24.3 Å². The molecule has 1 N–H and O–H groups in total. The van der Waals surface area contributed by atoms with Crippen LogP contribution in [0.25, 0.3) is 0 Å². The Morgan fingerprint density at radius 3 is 2.34 bits per heavy atom. The fourth-order valence-electron chi connectivity index (χ4n) is 4.70. The highest BCUT2D eigenvalue weighted by Gasteiger charge is 2.39. The van der Waals surface area contributed by atoms with Crippen LogP contribution in [-0.2, 0) is 22.7 Å². The van der Waals surface area contributed by atoms with E-state index in [9.17, 15) is 9.59 Å². The van der Waals surface area contributed by atoms with Gasteiger partial charge in [-0.15, -0.1) is 0 Å². The van der Waals surface area contributed by atoms with E-state index in [-0.39, 0.29) is 23.7 Å². The molecule has 0 radical (unpaired) electrons. The Morgan fingerprint density at radius 2 is 1.81 bits per heavy atom. The third-order valence-electron chi connectivity index (χ3n) is 6.45. The van der Waals surface area contributed by atoms with Gasteiger partial charge < -0.3 is 10.2 Å². The second kappa shape index (κ2) is 9.86. The maximum absolute atomic E-state index is 13.0. The SMILES string of the molecule is CC(=O)NCc1ccc([C@H]2CN(Cc3c(C)nn(C(C)C)c3C)C[C@@H]2C(=O)N(C)C)cc1. The number of likely N-dealkylation sites (tertiary alicyclic amines) is 1. The van der Waals surface area contributed by atoms with E-state index in [0.717, 1.165) is 30.9 Å². The quantitative estimate of drug-likeness (QED) is 0.720. The molecule has 1 aliphatic heterocycles. The number of aryl methyl sites for hydroxylation is 1. The van der Waals surface area contributed by atoms with Crippen molar-refractivity contribution in [2.75, 3.05) is 27.2 Å². The minimum Gasteiger partial charge on any atom is -0.352 e. The molecule has 32 heavy (non-hydrogen) atoms. The molecule has 0 unspecified atom stereocenters. The zero-order chi connectivity index (χ0) is 23.6. The summed E-state index contributed by atoms with van der Waals surface area (Å²) in [4.78, 5) is 28.3. The smallest absolute Gasteiger partial charge is 0.227 e. The van der Waals surface area contributed by atoms with Crippen molar-refractivity contribution in [1.82, 2.24) is 24.9 Å². The molecule has 3 rings (SSSR count). The monoisotopic (exact) mass is 439 g/mol. The molecular formula is C25H37N5O2. The lowest BCUT2D eigenvalue weighted by molar-refractivity contribution is -0.133. The molecule has 2 amide bonds. The van der Waals surface area contributed by atoms with Gasteiger partial charge in [0.1, 0.15) is 0 Å². The molecule has 174 valence electrons. The van der Waals surface area contributed by atoms with Gasteiger partial charge in [0.05, 0.1) is 11.6 Å². The molecule has 2 atom stereocenters. The average Bonchev–Trinajstić information content (AvgIpc) is 3.28. The highest BCUT2D eigenvalue weighted by molar-refractivity contribution is 5.80. The first-order valence-corrected chi connectivity index (χ1v) is 11.4. The maximum Gasteiger partial charge on any atom is 0.227 e. The van der Waals surface area contributed by atoms with Crippen LogP contribution in [-0.4, -0.2) is 58.6 Å². The molecule has 2 aromatic rings. The van der Waals surface area contributed by atoms with E-state index in [1.807, 2.05) is 26.2 Å². The van der Waals surface area contributed by atoms with Crippen molar-refractivity contribution in [3.8, 4) is 0 Å². The van der Waals surface area contributed by atoms with E-state index in [4.69, 9.17) is 5.10 Å². The van der Waals surface area contributed by atoms with Crippen LogP contribution in [0.4, 0.5) is 0 Å². The minimum absolute atomic E-state index is 0.0384. The van der Waals surface area contributed by atoms with Gasteiger partial charge in [-0.05, 0) is 38.8 Å². The van der Waals surface area contributed by atoms with Gasteiger partial charge in [-0.25, -0.2) is 0 Å². The van der Waals surface area contributed by atoms with Crippen LogP contribution < -0.4 is 5.32 Å². The van der Waals surface area contributed by atoms with Crippen molar-refractivity contribution in [3.63, 3.8) is 0 Å². The Kier molecular flexibility index (Phi) is 7.39. The normalized spacial score (nSPS) is 18.9. The summed E-state index contributed by atoms with van der Waals surface area (Å²) in [5.41, 5.74) is 5.77. The second-order valence-corrected chi connectivity index (χ2v) is 9.48. The van der Waals surface area contributed by atoms with Crippen molar-refractivity contribution < 1.29 is 9.59 Å². The predicted molar refractivity (Wildman–Crippen MR) is 126 cm³/mol. The number of hydrogen-bond donors (Lipinski definition) is 1. The number of aromatic nitrogens is 2. The largest absolute Gasteiger partial charge is 0.352 e. The molecular weight excluding hydrogens is 402 g/mol. The van der Waals surface area contributed by atoms with Crippen molar-refractivity contribution in [3.05, 3.63) is 52.3 Å². The van der Waals surface area contributed by atoms with Gasteiger partial charge in [0.2, 0.25) is 11.8 Å². The lowest BCUT2D eigenvalue weighted by atomic mass is 9.87. The first-order chi connectivity index (χ1) is 15.1. The molecule has 1 aromatic carbocycles. The van der Waals surface area contributed by atoms with Crippen molar-refractivity contribution in [2.45, 2.75) is 59.7 Å². The highest BCUT2D eigenvalue weighted by Crippen LogP contribution is 2.35. The summed E-state index contributed by atoms with van der Waals surface area (Å²) in [7, 11) is 3.67. The van der Waals surface area contributed by atoms with E-state index < -0.39 is 0 Å². The molecule has 0 aliphatic carbocycles. The number of carbonyl (C=O) groups is 2. The van der Waals surface area contributed by atoms with E-state index in [1.54, 1.807) is 4.90 Å². The number of hydrogen-bond acceptors (Lipinski definition) is 4. The van der Waals surface area contributed by atoms with Gasteiger partial charge in [-0.2, -0.15) is 5.10 Å². The lowest BCUT2D eigenvalue weighted by Crippen LogP contribution is -2.33. The molecule has 1 aromatic heterocycles. The van der Waals surface area contributed by atoms with Crippen LogP contribution in [0.2, 0.25) is 0 Å². The number of nitrogens with zero attached hydrogens (tertiary/aromatic N) is 4. The summed E-state index contributed by atoms with van der Waals surface area (Å²) in [5.74, 6) is 0.196. The number of amides is 2. The van der Waals surface area contributed by atoms with Crippen LogP contribution >= 0.6 is 0 Å². The number of carbonyl (C=O) groups excluding carboxylic acids is 2. The third-order valence-corrected chi connectivity index (χ3v) is 6.45. The summed E-state index contributed by atoms with van der Waals surface area (Å²) in [6.07, 6.45) is 0. The first-order valence-electron chi connectivity index (χ1n) is 11.4. The Hall–Kier alpha value is -2.67. The summed E-state index contributed by atoms with van der Waals surface area (Å²) < 4.78 is 2.09. The van der Waals surface area contributed by atoms with E-state index in [1.165, 1.54) is 23.7 Å². The third kappa shape index (κ3) is 5.21.